The third kappa shape index (κ3) is 38.4. The van der Waals surface area contributed by atoms with E-state index in [2.05, 4.69) is 34.6 Å². The maximum Gasteiger partial charge on any atom is 0.0786 e. The van der Waals surface area contributed by atoms with E-state index in [0.29, 0.717) is 0 Å². The molecular formula is C44H95N2+. The minimum atomic E-state index is 0.844. The zero-order valence-electron chi connectivity index (χ0n) is 33.6. The van der Waals surface area contributed by atoms with Gasteiger partial charge in [-0.15, -0.1) is 0 Å². The highest BCUT2D eigenvalue weighted by Gasteiger charge is 2.25. The van der Waals surface area contributed by atoms with Gasteiger partial charge in [0.1, 0.15) is 0 Å². The highest BCUT2D eigenvalue weighted by Crippen LogP contribution is 2.21. The highest BCUT2D eigenvalue weighted by molar-refractivity contribution is 4.55. The van der Waals surface area contributed by atoms with E-state index in [0.717, 1.165) is 6.54 Å². The van der Waals surface area contributed by atoms with Crippen LogP contribution < -0.4 is 5.73 Å². The summed E-state index contributed by atoms with van der Waals surface area (Å²) >= 11 is 0. The van der Waals surface area contributed by atoms with Crippen molar-refractivity contribution >= 4 is 0 Å². The molecule has 0 radical (unpaired) electrons. The van der Waals surface area contributed by atoms with Gasteiger partial charge >= 0.3 is 0 Å². The minimum Gasteiger partial charge on any atom is -0.330 e. The Labute approximate surface area is 295 Å². The average Bonchev–Trinajstić information content (AvgIpc) is 3.07. The highest BCUT2D eigenvalue weighted by atomic mass is 15.3. The molecular weight excluding hydrogens is 556 g/mol. The maximum atomic E-state index is 5.14. The molecule has 0 amide bonds. The van der Waals surface area contributed by atoms with Crippen molar-refractivity contribution in [1.29, 1.82) is 0 Å². The van der Waals surface area contributed by atoms with Gasteiger partial charge in [0, 0.05) is 0 Å². The molecule has 0 aliphatic rings. The molecule has 0 aromatic heterocycles. The fourth-order valence-electron chi connectivity index (χ4n) is 7.17. The topological polar surface area (TPSA) is 26.0 Å². The van der Waals surface area contributed by atoms with Crippen LogP contribution in [-0.4, -0.2) is 37.2 Å². The van der Waals surface area contributed by atoms with Crippen LogP contribution in [0.3, 0.4) is 0 Å². The molecule has 0 fully saturated rings. The summed E-state index contributed by atoms with van der Waals surface area (Å²) in [5, 5.41) is 0. The number of nitrogens with zero attached hydrogens (tertiary/aromatic N) is 1. The van der Waals surface area contributed by atoms with Crippen LogP contribution in [0.5, 0.6) is 0 Å². The Balaban J connectivity index is 0. The molecule has 0 saturated heterocycles. The summed E-state index contributed by atoms with van der Waals surface area (Å²) in [5.41, 5.74) is 5.14. The fourth-order valence-corrected chi connectivity index (χ4v) is 7.17. The first-order valence-electron chi connectivity index (χ1n) is 22.2. The summed E-state index contributed by atoms with van der Waals surface area (Å²) in [6, 6.07) is 0. The lowest BCUT2D eigenvalue weighted by Crippen LogP contribution is -2.50. The van der Waals surface area contributed by atoms with Crippen LogP contribution >= 0.6 is 0 Å². The summed E-state index contributed by atoms with van der Waals surface area (Å²) in [4.78, 5) is 0. The lowest BCUT2D eigenvalue weighted by molar-refractivity contribution is -0.929. The van der Waals surface area contributed by atoms with Crippen LogP contribution in [0.2, 0.25) is 0 Å². The largest absolute Gasteiger partial charge is 0.330 e. The number of nitrogens with two attached hydrogens (primary N) is 1. The SMILES string of the molecule is CCCCCCCCCCCC[N+](CCCC)(CCCCCCCCCCCC)CCCCCCCCCCCC.CCCCN. The normalized spacial score (nSPS) is 11.6. The van der Waals surface area contributed by atoms with Crippen LogP contribution in [0.25, 0.3) is 0 Å². The Morgan fingerprint density at radius 1 is 0.239 bits per heavy atom. The first-order valence-corrected chi connectivity index (χ1v) is 22.2. The predicted octanol–water partition coefficient (Wildman–Crippen LogP) is 15.1. The lowest BCUT2D eigenvalue weighted by atomic mass is 10.0. The number of unbranched alkanes of at least 4 members (excludes halogenated alkanes) is 29. The van der Waals surface area contributed by atoms with Crippen molar-refractivity contribution in [3.05, 3.63) is 0 Å². The monoisotopic (exact) mass is 652 g/mol. The first-order chi connectivity index (χ1) is 22.7. The number of quaternary nitrogens is 1. The number of hydrogen-bond donors (Lipinski definition) is 1. The standard InChI is InChI=1S/C40H84N.C4H11N/c1-5-9-13-16-19-22-25-28-31-34-38-41(37-12-8-4,39-35-32-29-26-23-20-17-14-10-6-2)40-36-33-30-27-24-21-18-15-11-7-3;1-2-3-4-5/h5-40H2,1-4H3;2-5H2,1H3/q+1;. The molecule has 0 aliphatic heterocycles. The van der Waals surface area contributed by atoms with Crippen LogP contribution in [0, 0.1) is 0 Å². The van der Waals surface area contributed by atoms with E-state index < -0.39 is 0 Å². The molecule has 280 valence electrons. The molecule has 0 aromatic rings. The molecule has 0 rings (SSSR count). The third-order valence-corrected chi connectivity index (χ3v) is 10.5. The van der Waals surface area contributed by atoms with Crippen molar-refractivity contribution in [3.63, 3.8) is 0 Å². The van der Waals surface area contributed by atoms with E-state index in [9.17, 15) is 0 Å². The van der Waals surface area contributed by atoms with Gasteiger partial charge in [-0.1, -0.05) is 202 Å². The van der Waals surface area contributed by atoms with Gasteiger partial charge in [0.2, 0.25) is 0 Å². The molecule has 2 N–H and O–H groups in total. The average molecular weight is 652 g/mol. The summed E-state index contributed by atoms with van der Waals surface area (Å²) in [6.45, 7) is 18.3. The van der Waals surface area contributed by atoms with Crippen molar-refractivity contribution in [1.82, 2.24) is 0 Å². The van der Waals surface area contributed by atoms with Gasteiger partial charge in [0.25, 0.3) is 0 Å². The molecule has 0 spiro atoms. The van der Waals surface area contributed by atoms with Gasteiger partial charge in [-0.2, -0.15) is 0 Å². The molecule has 0 unspecified atom stereocenters. The zero-order chi connectivity index (χ0) is 34.1. The van der Waals surface area contributed by atoms with E-state index in [1.54, 1.807) is 0 Å². The Hall–Kier alpha value is -0.0800. The van der Waals surface area contributed by atoms with Gasteiger partial charge in [0.05, 0.1) is 26.2 Å². The van der Waals surface area contributed by atoms with Gasteiger partial charge in [-0.25, -0.2) is 0 Å². The van der Waals surface area contributed by atoms with Crippen molar-refractivity contribution < 1.29 is 4.48 Å². The Kier molecular flexibility index (Phi) is 44.8. The van der Waals surface area contributed by atoms with Crippen LogP contribution in [-0.2, 0) is 0 Å². The first kappa shape index (κ1) is 48.0. The maximum absolute atomic E-state index is 5.14. The van der Waals surface area contributed by atoms with Crippen molar-refractivity contribution in [2.24, 2.45) is 5.73 Å². The molecule has 0 heterocycles. The molecule has 0 aliphatic carbocycles. The van der Waals surface area contributed by atoms with E-state index in [1.807, 2.05) is 0 Å². The molecule has 0 bridgehead atoms. The van der Waals surface area contributed by atoms with E-state index >= 15 is 0 Å². The van der Waals surface area contributed by atoms with Gasteiger partial charge < -0.3 is 10.2 Å². The third-order valence-electron chi connectivity index (χ3n) is 10.5. The smallest absolute Gasteiger partial charge is 0.0786 e. The van der Waals surface area contributed by atoms with Crippen LogP contribution in [0.1, 0.15) is 253 Å². The second-order valence-corrected chi connectivity index (χ2v) is 15.3. The van der Waals surface area contributed by atoms with Crippen molar-refractivity contribution in [2.75, 3.05) is 32.7 Å². The molecule has 0 saturated carbocycles. The Morgan fingerprint density at radius 2 is 0.435 bits per heavy atom. The summed E-state index contributed by atoms with van der Waals surface area (Å²) in [5.74, 6) is 0. The van der Waals surface area contributed by atoms with Crippen LogP contribution in [0.4, 0.5) is 0 Å². The predicted molar refractivity (Wildman–Crippen MR) is 214 cm³/mol. The second-order valence-electron chi connectivity index (χ2n) is 15.3. The minimum absolute atomic E-state index is 0.844. The van der Waals surface area contributed by atoms with Crippen LogP contribution in [0.15, 0.2) is 0 Å². The Morgan fingerprint density at radius 3 is 0.630 bits per heavy atom. The lowest BCUT2D eigenvalue weighted by Gasteiger charge is -2.39. The quantitative estimate of drug-likeness (QED) is 0.0522. The van der Waals surface area contributed by atoms with Gasteiger partial charge in [-0.3, -0.25) is 0 Å². The molecule has 2 nitrogen and oxygen atoms in total. The van der Waals surface area contributed by atoms with Crippen molar-refractivity contribution in [3.8, 4) is 0 Å². The Bertz CT molecular complexity index is 442. The molecule has 46 heavy (non-hydrogen) atoms. The van der Waals surface area contributed by atoms with Crippen molar-refractivity contribution in [2.45, 2.75) is 253 Å². The number of rotatable bonds is 38. The van der Waals surface area contributed by atoms with E-state index in [4.69, 9.17) is 5.73 Å². The zero-order valence-corrected chi connectivity index (χ0v) is 33.6. The van der Waals surface area contributed by atoms with E-state index in [-0.39, 0.29) is 0 Å². The molecule has 0 atom stereocenters. The fraction of sp³-hybridized carbons (Fsp3) is 1.00. The van der Waals surface area contributed by atoms with Gasteiger partial charge in [0.15, 0.2) is 0 Å². The van der Waals surface area contributed by atoms with Gasteiger partial charge in [-0.05, 0) is 57.9 Å². The molecule has 0 aromatic carbocycles. The summed E-state index contributed by atoms with van der Waals surface area (Å²) in [6.07, 6.45) is 49.1. The molecule has 2 heteroatoms. The number of hydrogen-bond acceptors (Lipinski definition) is 1. The summed E-state index contributed by atoms with van der Waals surface area (Å²) < 4.78 is 1.47. The van der Waals surface area contributed by atoms with E-state index in [1.165, 1.54) is 249 Å². The second kappa shape index (κ2) is 42.9. The summed E-state index contributed by atoms with van der Waals surface area (Å²) in [7, 11) is 0.